The molecule has 0 saturated heterocycles. The molecule has 0 spiro atoms. The van der Waals surface area contributed by atoms with Gasteiger partial charge >= 0.3 is 0 Å². The molecule has 2 aromatic rings. The number of ketones is 1. The number of carbonyl (C=O) groups is 1. The van der Waals surface area contributed by atoms with Crippen LogP contribution in [0.25, 0.3) is 16.8 Å². The number of aromatic nitrogens is 3. The number of benzene rings is 1. The average Bonchev–Trinajstić information content (AvgIpc) is 2.81. The summed E-state index contributed by atoms with van der Waals surface area (Å²) in [5, 5.41) is 8.24. The zero-order chi connectivity index (χ0) is 12.9. The predicted molar refractivity (Wildman–Crippen MR) is 69.2 cm³/mol. The van der Waals surface area contributed by atoms with Gasteiger partial charge in [0.2, 0.25) is 0 Å². The van der Waals surface area contributed by atoms with Crippen molar-refractivity contribution in [2.45, 2.75) is 19.9 Å². The van der Waals surface area contributed by atoms with Crippen molar-refractivity contribution in [1.82, 2.24) is 15.0 Å². The van der Waals surface area contributed by atoms with Crippen LogP contribution < -0.4 is 0 Å². The van der Waals surface area contributed by atoms with Gasteiger partial charge in [-0.1, -0.05) is 36.1 Å². The van der Waals surface area contributed by atoms with Crippen molar-refractivity contribution in [1.29, 1.82) is 0 Å². The molecule has 4 nitrogen and oxygen atoms in total. The second kappa shape index (κ2) is 3.63. The summed E-state index contributed by atoms with van der Waals surface area (Å²) >= 11 is 0. The van der Waals surface area contributed by atoms with Crippen LogP contribution in [0.2, 0.25) is 0 Å². The largest absolute Gasteiger partial charge is 0.289 e. The maximum Gasteiger partial charge on any atom is 0.195 e. The molecule has 18 heavy (non-hydrogen) atoms. The Morgan fingerprint density at radius 3 is 2.56 bits per heavy atom. The first kappa shape index (κ1) is 10.9. The molecular formula is C14H13N3O. The van der Waals surface area contributed by atoms with E-state index in [0.29, 0.717) is 16.8 Å². The summed E-state index contributed by atoms with van der Waals surface area (Å²) < 4.78 is 1.84. The number of nitrogens with zero attached hydrogens (tertiary/aromatic N) is 3. The highest BCUT2D eigenvalue weighted by atomic mass is 16.1. The number of hydrogen-bond donors (Lipinski definition) is 0. The second-order valence-electron chi connectivity index (χ2n) is 4.68. The van der Waals surface area contributed by atoms with Crippen LogP contribution in [0.1, 0.15) is 35.9 Å². The molecule has 0 N–H and O–H groups in total. The Kier molecular flexibility index (Phi) is 2.20. The fourth-order valence-corrected chi connectivity index (χ4v) is 2.27. The molecule has 3 rings (SSSR count). The fraction of sp³-hybridized carbons (Fsp3) is 0.214. The molecule has 4 heteroatoms. The lowest BCUT2D eigenvalue weighted by Gasteiger charge is -2.18. The maximum absolute atomic E-state index is 12.2. The van der Waals surface area contributed by atoms with Gasteiger partial charge in [-0.2, -0.15) is 0 Å². The van der Waals surface area contributed by atoms with Crippen molar-refractivity contribution >= 4 is 11.4 Å². The van der Waals surface area contributed by atoms with Gasteiger partial charge in [-0.05, 0) is 13.8 Å². The van der Waals surface area contributed by atoms with Crippen LogP contribution in [0, 0.1) is 0 Å². The van der Waals surface area contributed by atoms with Gasteiger partial charge in [-0.3, -0.25) is 4.79 Å². The van der Waals surface area contributed by atoms with Crippen molar-refractivity contribution in [2.24, 2.45) is 0 Å². The normalized spacial score (nSPS) is 13.7. The van der Waals surface area contributed by atoms with E-state index in [1.807, 2.05) is 42.8 Å². The Morgan fingerprint density at radius 1 is 1.22 bits per heavy atom. The van der Waals surface area contributed by atoms with Gasteiger partial charge in [-0.15, -0.1) is 5.10 Å². The Morgan fingerprint density at radius 2 is 1.89 bits per heavy atom. The lowest BCUT2D eigenvalue weighted by atomic mass is 9.88. The summed E-state index contributed by atoms with van der Waals surface area (Å²) in [6, 6.07) is 7.72. The molecule has 1 heterocycles. The van der Waals surface area contributed by atoms with E-state index in [0.717, 1.165) is 11.3 Å². The van der Waals surface area contributed by atoms with Gasteiger partial charge in [-0.25, -0.2) is 4.68 Å². The molecular weight excluding hydrogens is 226 g/mol. The topological polar surface area (TPSA) is 47.8 Å². The summed E-state index contributed by atoms with van der Waals surface area (Å²) in [5.41, 5.74) is 3.50. The third kappa shape index (κ3) is 1.29. The van der Waals surface area contributed by atoms with Crippen LogP contribution in [-0.4, -0.2) is 20.8 Å². The Labute approximate surface area is 105 Å². The van der Waals surface area contributed by atoms with E-state index < -0.39 is 0 Å². The van der Waals surface area contributed by atoms with Crippen molar-refractivity contribution in [3.63, 3.8) is 0 Å². The van der Waals surface area contributed by atoms with Crippen LogP contribution in [-0.2, 0) is 0 Å². The standard InChI is InChI=1S/C14H13N3O/c1-8(2)17-13-10-6-4-5-7-11(10)14(18)9(3)12(13)15-16-17/h4-8H,3H2,1-2H3. The molecule has 0 saturated carbocycles. The number of rotatable bonds is 1. The molecule has 1 aliphatic rings. The number of carbonyl (C=O) groups excluding carboxylic acids is 1. The third-order valence-corrected chi connectivity index (χ3v) is 3.17. The minimum atomic E-state index is -0.0612. The molecule has 1 aromatic carbocycles. The van der Waals surface area contributed by atoms with Crippen LogP contribution in [0.4, 0.5) is 0 Å². The van der Waals surface area contributed by atoms with E-state index in [1.54, 1.807) is 0 Å². The number of Topliss-reactive ketones (excluding diaryl/α,β-unsaturated/α-hetero) is 1. The first-order valence-corrected chi connectivity index (χ1v) is 5.90. The van der Waals surface area contributed by atoms with Gasteiger partial charge in [0, 0.05) is 22.7 Å². The van der Waals surface area contributed by atoms with Crippen molar-refractivity contribution in [2.75, 3.05) is 0 Å². The van der Waals surface area contributed by atoms with Crippen molar-refractivity contribution < 1.29 is 4.79 Å². The third-order valence-electron chi connectivity index (χ3n) is 3.17. The molecule has 0 bridgehead atoms. The summed E-state index contributed by atoms with van der Waals surface area (Å²) in [7, 11) is 0. The molecule has 0 fully saturated rings. The van der Waals surface area contributed by atoms with Crippen LogP contribution in [0.3, 0.4) is 0 Å². The lowest BCUT2D eigenvalue weighted by Crippen LogP contribution is -2.13. The predicted octanol–water partition coefficient (Wildman–Crippen LogP) is 2.74. The quantitative estimate of drug-likeness (QED) is 0.719. The minimum Gasteiger partial charge on any atom is -0.289 e. The highest BCUT2D eigenvalue weighted by molar-refractivity contribution is 6.33. The summed E-state index contributed by atoms with van der Waals surface area (Å²) in [4.78, 5) is 12.2. The second-order valence-corrected chi connectivity index (χ2v) is 4.68. The van der Waals surface area contributed by atoms with E-state index in [9.17, 15) is 4.79 Å². The smallest absolute Gasteiger partial charge is 0.195 e. The molecule has 0 amide bonds. The first-order chi connectivity index (χ1) is 8.61. The van der Waals surface area contributed by atoms with Gasteiger partial charge < -0.3 is 0 Å². The highest BCUT2D eigenvalue weighted by Gasteiger charge is 2.31. The van der Waals surface area contributed by atoms with Crippen LogP contribution >= 0.6 is 0 Å². The van der Waals surface area contributed by atoms with E-state index in [-0.39, 0.29) is 11.8 Å². The number of fused-ring (bicyclic) bond motifs is 3. The summed E-state index contributed by atoms with van der Waals surface area (Å²) in [6.45, 7) is 7.92. The van der Waals surface area contributed by atoms with Crippen molar-refractivity contribution in [3.8, 4) is 11.3 Å². The maximum atomic E-state index is 12.2. The van der Waals surface area contributed by atoms with Gasteiger partial charge in [0.05, 0.1) is 5.69 Å². The van der Waals surface area contributed by atoms with Crippen LogP contribution in [0.5, 0.6) is 0 Å². The molecule has 1 aromatic heterocycles. The minimum absolute atomic E-state index is 0.0612. The number of allylic oxidation sites excluding steroid dienone is 1. The van der Waals surface area contributed by atoms with Gasteiger partial charge in [0.1, 0.15) is 5.69 Å². The molecule has 0 atom stereocenters. The van der Waals surface area contributed by atoms with E-state index in [4.69, 9.17) is 0 Å². The molecule has 90 valence electrons. The van der Waals surface area contributed by atoms with Crippen molar-refractivity contribution in [3.05, 3.63) is 42.1 Å². The highest BCUT2D eigenvalue weighted by Crippen LogP contribution is 2.37. The van der Waals surface area contributed by atoms with Gasteiger partial charge in [0.25, 0.3) is 0 Å². The molecule has 0 aliphatic heterocycles. The van der Waals surface area contributed by atoms with E-state index in [2.05, 4.69) is 16.9 Å². The van der Waals surface area contributed by atoms with Crippen LogP contribution in [0.15, 0.2) is 30.8 Å². The summed E-state index contributed by atoms with van der Waals surface area (Å²) in [6.07, 6.45) is 0. The Bertz CT molecular complexity index is 667. The molecule has 0 unspecified atom stereocenters. The van der Waals surface area contributed by atoms with E-state index >= 15 is 0 Å². The first-order valence-electron chi connectivity index (χ1n) is 5.90. The zero-order valence-electron chi connectivity index (χ0n) is 10.3. The Balaban J connectivity index is 2.38. The molecule has 1 aliphatic carbocycles. The van der Waals surface area contributed by atoms with Gasteiger partial charge in [0.15, 0.2) is 5.78 Å². The monoisotopic (exact) mass is 239 g/mol. The molecule has 0 radical (unpaired) electrons. The number of hydrogen-bond acceptors (Lipinski definition) is 3. The lowest BCUT2D eigenvalue weighted by molar-refractivity contribution is 0.105. The van der Waals surface area contributed by atoms with E-state index in [1.165, 1.54) is 0 Å². The SMILES string of the molecule is C=C1C(=O)c2ccccc2-c2c1nnn2C(C)C. The fourth-order valence-electron chi connectivity index (χ4n) is 2.27. The zero-order valence-corrected chi connectivity index (χ0v) is 10.3. The Hall–Kier alpha value is -2.23. The summed E-state index contributed by atoms with van der Waals surface area (Å²) in [5.74, 6) is -0.0612. The average molecular weight is 239 g/mol.